The minimum atomic E-state index is -0.374. The maximum atomic E-state index is 12.0. The van der Waals surface area contributed by atoms with Gasteiger partial charge in [0, 0.05) is 25.2 Å². The molecule has 0 saturated carbocycles. The first kappa shape index (κ1) is 17.1. The average Bonchev–Trinajstić information content (AvgIpc) is 2.97. The summed E-state index contributed by atoms with van der Waals surface area (Å²) in [7, 11) is 0. The van der Waals surface area contributed by atoms with Crippen LogP contribution in [0.1, 0.15) is 42.7 Å². The Morgan fingerprint density at radius 3 is 2.08 bits per heavy atom. The van der Waals surface area contributed by atoms with Crippen LogP contribution in [-0.2, 0) is 19.1 Å². The molecule has 0 aromatic heterocycles. The van der Waals surface area contributed by atoms with Crippen LogP contribution in [0.4, 0.5) is 0 Å². The van der Waals surface area contributed by atoms with E-state index >= 15 is 0 Å². The van der Waals surface area contributed by atoms with Gasteiger partial charge in [0.1, 0.15) is 18.7 Å². The predicted molar refractivity (Wildman–Crippen MR) is 94.2 cm³/mol. The molecule has 0 atom stereocenters. The highest BCUT2D eigenvalue weighted by atomic mass is 16.5. The number of esters is 1. The zero-order valence-electron chi connectivity index (χ0n) is 13.9. The van der Waals surface area contributed by atoms with Crippen LogP contribution >= 0.6 is 0 Å². The first-order valence-electron chi connectivity index (χ1n) is 8.50. The second-order valence-electron chi connectivity index (χ2n) is 6.15. The molecule has 0 heterocycles. The van der Waals surface area contributed by atoms with Crippen molar-refractivity contribution in [1.29, 1.82) is 0 Å². The number of rotatable bonds is 8. The Hall–Kier alpha value is -2.75. The molecule has 1 aliphatic carbocycles. The second kappa shape index (κ2) is 7.88. The molecule has 0 amide bonds. The fraction of sp³-hybridized carbons (Fsp3) is 0.286. The van der Waals surface area contributed by atoms with Gasteiger partial charge in [0.15, 0.2) is 0 Å². The van der Waals surface area contributed by atoms with Gasteiger partial charge < -0.3 is 9.53 Å². The van der Waals surface area contributed by atoms with Crippen LogP contribution in [0.3, 0.4) is 0 Å². The molecule has 0 unspecified atom stereocenters. The number of carbonyl (C=O) groups excluding carboxylic acids is 3. The van der Waals surface area contributed by atoms with E-state index in [0.29, 0.717) is 6.29 Å². The fourth-order valence-electron chi connectivity index (χ4n) is 3.27. The van der Waals surface area contributed by atoms with Gasteiger partial charge in [0.05, 0.1) is 6.42 Å². The van der Waals surface area contributed by atoms with Gasteiger partial charge in [-0.15, -0.1) is 0 Å². The van der Waals surface area contributed by atoms with E-state index in [4.69, 9.17) is 4.74 Å². The van der Waals surface area contributed by atoms with Crippen LogP contribution in [-0.4, -0.2) is 24.6 Å². The molecule has 4 heteroatoms. The van der Waals surface area contributed by atoms with E-state index in [0.717, 1.165) is 0 Å². The molecule has 0 aliphatic heterocycles. The molecule has 4 nitrogen and oxygen atoms in total. The monoisotopic (exact) mass is 336 g/mol. The van der Waals surface area contributed by atoms with Crippen molar-refractivity contribution in [3.05, 3.63) is 59.7 Å². The Morgan fingerprint density at radius 1 is 0.880 bits per heavy atom. The summed E-state index contributed by atoms with van der Waals surface area (Å²) < 4.78 is 5.43. The van der Waals surface area contributed by atoms with Crippen molar-refractivity contribution in [3.63, 3.8) is 0 Å². The highest BCUT2D eigenvalue weighted by molar-refractivity contribution is 5.84. The number of hydrogen-bond acceptors (Lipinski definition) is 4. The van der Waals surface area contributed by atoms with E-state index < -0.39 is 0 Å². The van der Waals surface area contributed by atoms with Crippen LogP contribution in [0.15, 0.2) is 48.5 Å². The molecule has 25 heavy (non-hydrogen) atoms. The molecule has 0 spiro atoms. The lowest BCUT2D eigenvalue weighted by atomic mass is 9.98. The van der Waals surface area contributed by atoms with Gasteiger partial charge in [-0.25, -0.2) is 0 Å². The molecule has 0 saturated heterocycles. The van der Waals surface area contributed by atoms with Crippen molar-refractivity contribution < 1.29 is 19.1 Å². The highest BCUT2D eigenvalue weighted by Gasteiger charge is 2.28. The molecule has 1 aliphatic rings. The largest absolute Gasteiger partial charge is 0.465 e. The van der Waals surface area contributed by atoms with Gasteiger partial charge in [0.25, 0.3) is 0 Å². The van der Waals surface area contributed by atoms with Crippen molar-refractivity contribution in [2.24, 2.45) is 0 Å². The Labute approximate surface area is 146 Å². The van der Waals surface area contributed by atoms with Crippen LogP contribution < -0.4 is 0 Å². The number of ether oxygens (including phenoxy) is 1. The second-order valence-corrected chi connectivity index (χ2v) is 6.15. The molecule has 0 N–H and O–H groups in total. The molecule has 128 valence electrons. The number of carbonyl (C=O) groups is 3. The maximum Gasteiger partial charge on any atom is 0.306 e. The summed E-state index contributed by atoms with van der Waals surface area (Å²) in [6.07, 6.45) is 1.31. The van der Waals surface area contributed by atoms with Crippen molar-refractivity contribution in [1.82, 2.24) is 0 Å². The third-order valence-corrected chi connectivity index (χ3v) is 4.52. The molecule has 2 aromatic carbocycles. The smallest absolute Gasteiger partial charge is 0.306 e. The van der Waals surface area contributed by atoms with Gasteiger partial charge in [-0.2, -0.15) is 0 Å². The Bertz CT molecular complexity index is 748. The zero-order chi connectivity index (χ0) is 17.6. The van der Waals surface area contributed by atoms with Gasteiger partial charge in [-0.3, -0.25) is 9.59 Å². The third-order valence-electron chi connectivity index (χ3n) is 4.52. The number of hydrogen-bond donors (Lipinski definition) is 0. The highest BCUT2D eigenvalue weighted by Crippen LogP contribution is 2.44. The van der Waals surface area contributed by atoms with Crippen LogP contribution in [0.2, 0.25) is 0 Å². The Kier molecular flexibility index (Phi) is 5.39. The quantitative estimate of drug-likeness (QED) is 0.545. The summed E-state index contributed by atoms with van der Waals surface area (Å²) in [6.45, 7) is 0.273. The van der Waals surface area contributed by atoms with Crippen molar-refractivity contribution in [2.45, 2.75) is 31.6 Å². The molecular weight excluding hydrogens is 316 g/mol. The molecular formula is C21H20O4. The maximum absolute atomic E-state index is 12.0. The Balaban J connectivity index is 1.61. The zero-order valence-corrected chi connectivity index (χ0v) is 13.9. The number of ketones is 1. The summed E-state index contributed by atoms with van der Waals surface area (Å²) >= 11 is 0. The lowest BCUT2D eigenvalue weighted by molar-refractivity contribution is -0.145. The molecule has 0 radical (unpaired) electrons. The minimum Gasteiger partial charge on any atom is -0.465 e. The topological polar surface area (TPSA) is 60.4 Å². The van der Waals surface area contributed by atoms with Crippen molar-refractivity contribution in [3.8, 4) is 11.1 Å². The first-order valence-corrected chi connectivity index (χ1v) is 8.50. The van der Waals surface area contributed by atoms with E-state index in [1.165, 1.54) is 22.3 Å². The minimum absolute atomic E-state index is 0.0297. The summed E-state index contributed by atoms with van der Waals surface area (Å²) in [5.41, 5.74) is 4.70. The van der Waals surface area contributed by atoms with E-state index in [2.05, 4.69) is 24.3 Å². The van der Waals surface area contributed by atoms with E-state index in [1.807, 2.05) is 24.3 Å². The summed E-state index contributed by atoms with van der Waals surface area (Å²) in [5, 5.41) is 0. The standard InChI is InChI=1S/C21H20O4/c22-13-5-6-15(23)11-12-21(24)25-14-20-18-9-3-1-7-16(18)17-8-2-4-10-19(17)20/h1-4,7-10,13,20H,5-6,11-12,14H2. The molecule has 0 fully saturated rings. The lowest BCUT2D eigenvalue weighted by Crippen LogP contribution is -2.13. The van der Waals surface area contributed by atoms with E-state index in [1.54, 1.807) is 0 Å². The van der Waals surface area contributed by atoms with E-state index in [9.17, 15) is 14.4 Å². The van der Waals surface area contributed by atoms with Crippen LogP contribution in [0.5, 0.6) is 0 Å². The molecule has 3 rings (SSSR count). The SMILES string of the molecule is O=CCCC(=O)CCC(=O)OCC1c2ccccc2-c2ccccc21. The number of aldehydes is 1. The Morgan fingerprint density at radius 2 is 1.48 bits per heavy atom. The summed E-state index contributed by atoms with van der Waals surface area (Å²) in [5.74, 6) is -0.427. The van der Waals surface area contributed by atoms with Crippen LogP contribution in [0.25, 0.3) is 11.1 Å². The number of fused-ring (bicyclic) bond motifs is 3. The number of benzene rings is 2. The first-order chi connectivity index (χ1) is 12.2. The fourth-order valence-corrected chi connectivity index (χ4v) is 3.27. The number of Topliss-reactive ketones (excluding diaryl/α,β-unsaturated/α-hetero) is 1. The third kappa shape index (κ3) is 3.85. The molecule has 0 bridgehead atoms. The van der Waals surface area contributed by atoms with Crippen molar-refractivity contribution >= 4 is 18.0 Å². The summed E-state index contributed by atoms with van der Waals surface area (Å²) in [6, 6.07) is 16.3. The van der Waals surface area contributed by atoms with Gasteiger partial charge >= 0.3 is 5.97 Å². The van der Waals surface area contributed by atoms with Gasteiger partial charge in [-0.05, 0) is 22.3 Å². The van der Waals surface area contributed by atoms with Gasteiger partial charge in [-0.1, -0.05) is 48.5 Å². The van der Waals surface area contributed by atoms with E-state index in [-0.39, 0.29) is 50.0 Å². The van der Waals surface area contributed by atoms with Crippen molar-refractivity contribution in [2.75, 3.05) is 6.61 Å². The summed E-state index contributed by atoms with van der Waals surface area (Å²) in [4.78, 5) is 33.7. The molecule has 2 aromatic rings. The lowest BCUT2D eigenvalue weighted by Gasteiger charge is -2.14. The van der Waals surface area contributed by atoms with Crippen LogP contribution in [0, 0.1) is 0 Å². The normalized spacial score (nSPS) is 12.3. The van der Waals surface area contributed by atoms with Gasteiger partial charge in [0.2, 0.25) is 0 Å². The average molecular weight is 336 g/mol. The predicted octanol–water partition coefficient (Wildman–Crippen LogP) is 3.67.